The molecule has 3 saturated heterocycles. The van der Waals surface area contributed by atoms with Gasteiger partial charge in [0.25, 0.3) is 0 Å². The summed E-state index contributed by atoms with van der Waals surface area (Å²) in [6, 6.07) is 6.49. The van der Waals surface area contributed by atoms with Crippen LogP contribution in [0.2, 0.25) is 0 Å². The fourth-order valence-electron chi connectivity index (χ4n) is 4.04. The van der Waals surface area contributed by atoms with Crippen LogP contribution >= 0.6 is 11.3 Å². The van der Waals surface area contributed by atoms with Crippen molar-refractivity contribution in [3.05, 3.63) is 46.9 Å². The summed E-state index contributed by atoms with van der Waals surface area (Å²) in [7, 11) is 0. The van der Waals surface area contributed by atoms with Crippen molar-refractivity contribution < 1.29 is 4.79 Å². The summed E-state index contributed by atoms with van der Waals surface area (Å²) in [6.45, 7) is 2.28. The molecule has 3 fully saturated rings. The molecule has 2 aromatic heterocycles. The van der Waals surface area contributed by atoms with Gasteiger partial charge < -0.3 is 10.6 Å². The highest BCUT2D eigenvalue weighted by atomic mass is 32.1. The third-order valence-corrected chi connectivity index (χ3v) is 5.89. The number of amides is 2. The van der Waals surface area contributed by atoms with Crippen LogP contribution in [-0.4, -0.2) is 41.1 Å². The van der Waals surface area contributed by atoms with Crippen molar-refractivity contribution in [1.82, 2.24) is 15.2 Å². The lowest BCUT2D eigenvalue weighted by atomic mass is 9.77. The zero-order valence-corrected chi connectivity index (χ0v) is 14.3. The van der Waals surface area contributed by atoms with Gasteiger partial charge in [-0.05, 0) is 61.3 Å². The van der Waals surface area contributed by atoms with E-state index in [0.717, 1.165) is 25.2 Å². The Morgan fingerprint density at radius 1 is 1.33 bits per heavy atom. The van der Waals surface area contributed by atoms with Crippen molar-refractivity contribution in [2.75, 3.05) is 18.4 Å². The van der Waals surface area contributed by atoms with E-state index in [1.807, 2.05) is 29.1 Å². The van der Waals surface area contributed by atoms with Crippen LogP contribution in [0.4, 0.5) is 10.5 Å². The van der Waals surface area contributed by atoms with E-state index >= 15 is 0 Å². The highest BCUT2D eigenvalue weighted by Gasteiger charge is 2.42. The van der Waals surface area contributed by atoms with Gasteiger partial charge in [0.2, 0.25) is 0 Å². The van der Waals surface area contributed by atoms with E-state index in [9.17, 15) is 4.79 Å². The van der Waals surface area contributed by atoms with Crippen molar-refractivity contribution in [2.45, 2.75) is 31.3 Å². The molecule has 24 heavy (non-hydrogen) atoms. The van der Waals surface area contributed by atoms with Crippen LogP contribution in [0.3, 0.4) is 0 Å². The first kappa shape index (κ1) is 15.6. The average Bonchev–Trinajstić information content (AvgIpc) is 3.11. The maximum atomic E-state index is 12.4. The molecule has 5 heterocycles. The molecule has 0 saturated carbocycles. The minimum atomic E-state index is -0.0941. The summed E-state index contributed by atoms with van der Waals surface area (Å²) < 4.78 is 0. The Kier molecular flexibility index (Phi) is 4.49. The monoisotopic (exact) mass is 342 g/mol. The number of fused-ring (bicyclic) bond motifs is 3. The summed E-state index contributed by atoms with van der Waals surface area (Å²) in [5, 5.41) is 10.1. The van der Waals surface area contributed by atoms with Crippen LogP contribution in [0, 0.1) is 5.92 Å². The van der Waals surface area contributed by atoms with E-state index < -0.39 is 0 Å². The lowest BCUT2D eigenvalue weighted by Crippen LogP contribution is -2.64. The van der Waals surface area contributed by atoms with E-state index in [-0.39, 0.29) is 12.1 Å². The third kappa shape index (κ3) is 3.30. The Balaban J connectivity index is 1.47. The molecule has 5 rings (SSSR count). The molecule has 2 N–H and O–H groups in total. The molecule has 2 aromatic rings. The van der Waals surface area contributed by atoms with Crippen molar-refractivity contribution in [1.29, 1.82) is 0 Å². The second kappa shape index (κ2) is 6.91. The number of hydrogen-bond acceptors (Lipinski definition) is 4. The van der Waals surface area contributed by atoms with Gasteiger partial charge in [0.1, 0.15) is 0 Å². The summed E-state index contributed by atoms with van der Waals surface area (Å²) in [5.41, 5.74) is 2.10. The van der Waals surface area contributed by atoms with Gasteiger partial charge in [-0.25, -0.2) is 4.79 Å². The van der Waals surface area contributed by atoms with Crippen LogP contribution in [0.25, 0.3) is 0 Å². The molecule has 0 aliphatic carbocycles. The van der Waals surface area contributed by atoms with Crippen molar-refractivity contribution in [3.8, 4) is 0 Å². The number of piperidine rings is 3. The first-order valence-corrected chi connectivity index (χ1v) is 9.46. The number of rotatable bonds is 4. The van der Waals surface area contributed by atoms with E-state index in [0.29, 0.717) is 12.0 Å². The second-order valence-corrected chi connectivity index (χ2v) is 7.42. The van der Waals surface area contributed by atoms with E-state index in [4.69, 9.17) is 0 Å². The molecule has 0 radical (unpaired) electrons. The fraction of sp³-hybridized carbons (Fsp3) is 0.444. The lowest BCUT2D eigenvalue weighted by molar-refractivity contribution is 0.0184. The van der Waals surface area contributed by atoms with Crippen LogP contribution in [0.1, 0.15) is 18.4 Å². The smallest absolute Gasteiger partial charge is 0.319 e. The molecule has 2 atom stereocenters. The van der Waals surface area contributed by atoms with E-state index in [1.165, 1.54) is 18.4 Å². The van der Waals surface area contributed by atoms with Gasteiger partial charge in [-0.2, -0.15) is 11.3 Å². The summed E-state index contributed by atoms with van der Waals surface area (Å²) in [6.07, 6.45) is 7.03. The molecule has 0 spiro atoms. The lowest BCUT2D eigenvalue weighted by Gasteiger charge is -2.51. The maximum absolute atomic E-state index is 12.4. The zero-order chi connectivity index (χ0) is 16.4. The Bertz CT molecular complexity index is 668. The molecule has 2 bridgehead atoms. The number of thiophene rings is 1. The molecule has 0 aromatic carbocycles. The van der Waals surface area contributed by atoms with Gasteiger partial charge in [-0.15, -0.1) is 0 Å². The normalized spacial score (nSPS) is 28.5. The van der Waals surface area contributed by atoms with Crippen molar-refractivity contribution in [3.63, 3.8) is 0 Å². The quantitative estimate of drug-likeness (QED) is 0.898. The minimum Gasteiger partial charge on any atom is -0.333 e. The number of nitrogens with zero attached hydrogens (tertiary/aromatic N) is 2. The number of anilines is 1. The molecule has 5 nitrogen and oxygen atoms in total. The fourth-order valence-corrected chi connectivity index (χ4v) is 4.62. The standard InChI is InChI=1S/C18H22N4OS/c23-18(20-15-5-9-24-12-15)21-17-14-3-7-22(8-4-14)16(17)10-13-2-1-6-19-11-13/h1-2,5-6,9,11-12,14,16-17H,3-4,7-8,10H2,(H2,20,21,23)/t16-,17+/m1/s1. The van der Waals surface area contributed by atoms with Gasteiger partial charge in [0.05, 0.1) is 5.69 Å². The van der Waals surface area contributed by atoms with Crippen LogP contribution in [0.15, 0.2) is 41.4 Å². The zero-order valence-electron chi connectivity index (χ0n) is 13.5. The number of carbonyl (C=O) groups excluding carboxylic acids is 1. The number of aromatic nitrogens is 1. The number of carbonyl (C=O) groups is 1. The average molecular weight is 342 g/mol. The molecule has 2 amide bonds. The predicted octanol–water partition coefficient (Wildman–Crippen LogP) is 2.97. The SMILES string of the molecule is O=C(Nc1ccsc1)N[C@H]1C2CCN(CC2)[C@@H]1Cc1cccnc1. The topological polar surface area (TPSA) is 57.3 Å². The predicted molar refractivity (Wildman–Crippen MR) is 96.3 cm³/mol. The third-order valence-electron chi connectivity index (χ3n) is 5.21. The highest BCUT2D eigenvalue weighted by Crippen LogP contribution is 2.34. The molecular formula is C18H22N4OS. The number of pyridine rings is 1. The number of urea groups is 1. The van der Waals surface area contributed by atoms with E-state index in [2.05, 4.69) is 26.6 Å². The van der Waals surface area contributed by atoms with Gasteiger partial charge in [-0.1, -0.05) is 6.07 Å². The Morgan fingerprint density at radius 3 is 2.92 bits per heavy atom. The molecule has 6 heteroatoms. The minimum absolute atomic E-state index is 0.0941. The number of hydrogen-bond donors (Lipinski definition) is 2. The van der Waals surface area contributed by atoms with Gasteiger partial charge in [0, 0.05) is 29.9 Å². The summed E-state index contributed by atoms with van der Waals surface area (Å²) in [5.74, 6) is 0.574. The first-order chi connectivity index (χ1) is 11.8. The Hall–Kier alpha value is -1.92. The van der Waals surface area contributed by atoms with Gasteiger partial charge in [0.15, 0.2) is 0 Å². The van der Waals surface area contributed by atoms with Crippen LogP contribution < -0.4 is 10.6 Å². The van der Waals surface area contributed by atoms with E-state index in [1.54, 1.807) is 17.5 Å². The second-order valence-electron chi connectivity index (χ2n) is 6.64. The molecular weight excluding hydrogens is 320 g/mol. The first-order valence-electron chi connectivity index (χ1n) is 8.52. The molecule has 126 valence electrons. The van der Waals surface area contributed by atoms with Gasteiger partial charge in [-0.3, -0.25) is 9.88 Å². The summed E-state index contributed by atoms with van der Waals surface area (Å²) in [4.78, 5) is 19.2. The Labute approximate surface area is 146 Å². The number of nitrogens with one attached hydrogen (secondary N) is 2. The molecule has 0 unspecified atom stereocenters. The van der Waals surface area contributed by atoms with Gasteiger partial charge >= 0.3 is 6.03 Å². The molecule has 3 aliphatic heterocycles. The maximum Gasteiger partial charge on any atom is 0.319 e. The summed E-state index contributed by atoms with van der Waals surface area (Å²) >= 11 is 1.58. The Morgan fingerprint density at radius 2 is 2.21 bits per heavy atom. The molecule has 3 aliphatic rings. The van der Waals surface area contributed by atoms with Crippen molar-refractivity contribution in [2.24, 2.45) is 5.92 Å². The largest absolute Gasteiger partial charge is 0.333 e. The van der Waals surface area contributed by atoms with Crippen LogP contribution in [-0.2, 0) is 6.42 Å². The van der Waals surface area contributed by atoms with Crippen LogP contribution in [0.5, 0.6) is 0 Å². The van der Waals surface area contributed by atoms with Crippen molar-refractivity contribution >= 4 is 23.1 Å². The highest BCUT2D eigenvalue weighted by molar-refractivity contribution is 7.08.